The molecule has 3 aliphatic rings. The van der Waals surface area contributed by atoms with Crippen LogP contribution >= 0.6 is 0 Å². The Morgan fingerprint density at radius 1 is 0.935 bits per heavy atom. The predicted octanol–water partition coefficient (Wildman–Crippen LogP) is 2.97. The fourth-order valence-corrected chi connectivity index (χ4v) is 6.13. The van der Waals surface area contributed by atoms with Crippen LogP contribution in [0.5, 0.6) is 0 Å². The van der Waals surface area contributed by atoms with Crippen molar-refractivity contribution in [2.75, 3.05) is 69.0 Å². The molecular formula is C34H42F2N6O4. The summed E-state index contributed by atoms with van der Waals surface area (Å²) < 4.78 is 39.3. The van der Waals surface area contributed by atoms with E-state index in [1.165, 1.54) is 23.3 Å². The van der Waals surface area contributed by atoms with Gasteiger partial charge in [-0.3, -0.25) is 4.79 Å². The monoisotopic (exact) mass is 636 g/mol. The average Bonchev–Trinajstić information content (AvgIpc) is 3.88. The number of aliphatic hydroxyl groups excluding tert-OH is 1. The second-order valence-electron chi connectivity index (χ2n) is 12.3. The molecule has 1 saturated carbocycles. The molecule has 10 nitrogen and oxygen atoms in total. The van der Waals surface area contributed by atoms with Gasteiger partial charge in [-0.25, -0.2) is 13.8 Å². The first-order chi connectivity index (χ1) is 22.3. The third-order valence-electron chi connectivity index (χ3n) is 9.01. The van der Waals surface area contributed by atoms with Gasteiger partial charge in [0.2, 0.25) is 5.95 Å². The zero-order valence-corrected chi connectivity index (χ0v) is 26.2. The Bertz CT molecular complexity index is 1450. The summed E-state index contributed by atoms with van der Waals surface area (Å²) in [6.45, 7) is 6.88. The Balaban J connectivity index is 1.24. The van der Waals surface area contributed by atoms with Gasteiger partial charge in [0.25, 0.3) is 5.91 Å². The predicted molar refractivity (Wildman–Crippen MR) is 170 cm³/mol. The van der Waals surface area contributed by atoms with Crippen molar-refractivity contribution in [1.82, 2.24) is 20.6 Å². The molecule has 46 heavy (non-hydrogen) atoms. The number of carbonyl (C=O) groups is 1. The molecule has 246 valence electrons. The highest BCUT2D eigenvalue weighted by Crippen LogP contribution is 2.45. The maximum absolute atomic E-state index is 14.2. The van der Waals surface area contributed by atoms with Crippen LogP contribution in [0, 0.1) is 11.6 Å². The number of nitrogens with one attached hydrogen (secondary N) is 2. The van der Waals surface area contributed by atoms with Gasteiger partial charge in [0, 0.05) is 50.4 Å². The molecule has 1 aliphatic carbocycles. The Labute approximate surface area is 268 Å². The van der Waals surface area contributed by atoms with Crippen LogP contribution in [0.2, 0.25) is 0 Å². The van der Waals surface area contributed by atoms with Crippen LogP contribution < -0.4 is 20.4 Å². The van der Waals surface area contributed by atoms with E-state index in [0.29, 0.717) is 69.9 Å². The quantitative estimate of drug-likeness (QED) is 0.276. The summed E-state index contributed by atoms with van der Waals surface area (Å²) in [6, 6.07) is 12.4. The molecule has 2 saturated heterocycles. The van der Waals surface area contributed by atoms with Crippen LogP contribution in [-0.4, -0.2) is 92.3 Å². The van der Waals surface area contributed by atoms with Crippen LogP contribution in [0.3, 0.4) is 0 Å². The van der Waals surface area contributed by atoms with Crippen LogP contribution in [0.4, 0.5) is 20.5 Å². The average molecular weight is 637 g/mol. The number of halogens is 2. The lowest BCUT2D eigenvalue weighted by Gasteiger charge is -2.31. The van der Waals surface area contributed by atoms with E-state index in [-0.39, 0.29) is 24.2 Å². The van der Waals surface area contributed by atoms with E-state index in [2.05, 4.69) is 45.6 Å². The molecule has 1 aromatic heterocycles. The van der Waals surface area contributed by atoms with Crippen molar-refractivity contribution < 1.29 is 28.2 Å². The van der Waals surface area contributed by atoms with E-state index in [9.17, 15) is 18.7 Å². The number of aliphatic hydroxyl groups is 1. The van der Waals surface area contributed by atoms with Gasteiger partial charge in [-0.1, -0.05) is 31.2 Å². The topological polar surface area (TPSA) is 112 Å². The third-order valence-corrected chi connectivity index (χ3v) is 9.01. The first-order valence-corrected chi connectivity index (χ1v) is 16.1. The smallest absolute Gasteiger partial charge is 0.270 e. The number of rotatable bonds is 12. The summed E-state index contributed by atoms with van der Waals surface area (Å²) >= 11 is 0. The summed E-state index contributed by atoms with van der Waals surface area (Å²) in [5.41, 5.74) is 2.62. The van der Waals surface area contributed by atoms with E-state index in [1.54, 1.807) is 6.07 Å². The van der Waals surface area contributed by atoms with Crippen molar-refractivity contribution in [3.8, 4) is 0 Å². The third kappa shape index (κ3) is 7.80. The molecular weight excluding hydrogens is 594 g/mol. The number of ether oxygens (including phenoxy) is 2. The lowest BCUT2D eigenvalue weighted by Crippen LogP contribution is -2.50. The van der Waals surface area contributed by atoms with Gasteiger partial charge in [0.1, 0.15) is 23.1 Å². The van der Waals surface area contributed by atoms with Crippen LogP contribution in [0.15, 0.2) is 48.5 Å². The minimum Gasteiger partial charge on any atom is -0.390 e. The van der Waals surface area contributed by atoms with E-state index in [1.807, 2.05) is 11.0 Å². The molecule has 2 atom stereocenters. The molecule has 0 radical (unpaired) electrons. The molecule has 3 aromatic rings. The minimum atomic E-state index is -1.07. The van der Waals surface area contributed by atoms with Gasteiger partial charge < -0.3 is 35.0 Å². The second kappa shape index (κ2) is 14.4. The van der Waals surface area contributed by atoms with Crippen molar-refractivity contribution in [3.05, 3.63) is 82.5 Å². The number of amides is 1. The Hall–Kier alpha value is -3.71. The normalized spacial score (nSPS) is 19.0. The van der Waals surface area contributed by atoms with Crippen molar-refractivity contribution in [3.63, 3.8) is 0 Å². The largest absolute Gasteiger partial charge is 0.390 e. The highest BCUT2D eigenvalue weighted by Gasteiger charge is 2.44. The fraction of sp³-hybridized carbons (Fsp3) is 0.500. The first kappa shape index (κ1) is 32.2. The Morgan fingerprint density at radius 2 is 1.61 bits per heavy atom. The SMILES string of the molecule is CCc1cccc(C2(NC[C@@H](O)[C@H](Cc3cc(F)cc(F)c3)NC(=O)c3cc(N4CCOCC4)nc(N4CCOCC4)n3)CC2)c1. The number of hydrogen-bond donors (Lipinski definition) is 3. The number of nitrogens with zero attached hydrogens (tertiary/aromatic N) is 4. The summed E-state index contributed by atoms with van der Waals surface area (Å²) in [5.74, 6) is -0.915. The van der Waals surface area contributed by atoms with Crippen molar-refractivity contribution in [2.45, 2.75) is 50.3 Å². The zero-order valence-electron chi connectivity index (χ0n) is 26.2. The number of hydrogen-bond acceptors (Lipinski definition) is 9. The van der Waals surface area contributed by atoms with E-state index < -0.39 is 29.7 Å². The minimum absolute atomic E-state index is 0.0132. The van der Waals surface area contributed by atoms with Crippen LogP contribution in [0.1, 0.15) is 46.9 Å². The molecule has 12 heteroatoms. The molecule has 0 spiro atoms. The maximum atomic E-state index is 14.2. The van der Waals surface area contributed by atoms with Gasteiger partial charge in [-0.2, -0.15) is 4.98 Å². The standard InChI is InChI=1S/C34H42F2N6O4/c1-2-23-4-3-5-25(16-23)34(6-7-34)37-22-30(43)28(19-24-17-26(35)20-27(36)18-24)38-32(44)29-21-31(41-8-12-45-13-9-41)40-33(39-29)42-10-14-46-15-11-42/h3-5,16-18,20-21,28,30,37,43H,2,6-15,19,22H2,1H3,(H,38,44)/t28-,30+/m0/s1. The number of benzene rings is 2. The number of anilines is 2. The molecule has 3 fully saturated rings. The maximum Gasteiger partial charge on any atom is 0.270 e. The Kier molecular flexibility index (Phi) is 10.1. The van der Waals surface area contributed by atoms with Gasteiger partial charge >= 0.3 is 0 Å². The van der Waals surface area contributed by atoms with Gasteiger partial charge in [-0.15, -0.1) is 0 Å². The molecule has 1 amide bonds. The van der Waals surface area contributed by atoms with Gasteiger partial charge in [0.15, 0.2) is 0 Å². The summed E-state index contributed by atoms with van der Waals surface area (Å²) in [7, 11) is 0. The molecule has 3 heterocycles. The zero-order chi connectivity index (χ0) is 32.1. The van der Waals surface area contributed by atoms with Crippen molar-refractivity contribution in [1.29, 1.82) is 0 Å². The fourth-order valence-electron chi connectivity index (χ4n) is 6.13. The van der Waals surface area contributed by atoms with Crippen molar-refractivity contribution in [2.24, 2.45) is 0 Å². The summed E-state index contributed by atoms with van der Waals surface area (Å²) in [6.07, 6.45) is 1.72. The summed E-state index contributed by atoms with van der Waals surface area (Å²) in [4.78, 5) is 27.3. The molecule has 6 rings (SSSR count). The van der Waals surface area contributed by atoms with Gasteiger partial charge in [-0.05, 0) is 54.5 Å². The number of aromatic nitrogens is 2. The number of aryl methyl sites for hydroxylation is 1. The molecule has 2 aliphatic heterocycles. The number of carbonyl (C=O) groups excluding carboxylic acids is 1. The molecule has 3 N–H and O–H groups in total. The second-order valence-corrected chi connectivity index (χ2v) is 12.3. The first-order valence-electron chi connectivity index (χ1n) is 16.1. The molecule has 2 aromatic carbocycles. The van der Waals surface area contributed by atoms with Gasteiger partial charge in [0.05, 0.1) is 38.6 Å². The number of morpholine rings is 2. The van der Waals surface area contributed by atoms with E-state index >= 15 is 0 Å². The highest BCUT2D eigenvalue weighted by molar-refractivity contribution is 5.93. The molecule has 0 unspecified atom stereocenters. The lowest BCUT2D eigenvalue weighted by atomic mass is 9.98. The van der Waals surface area contributed by atoms with Crippen LogP contribution in [0.25, 0.3) is 0 Å². The highest BCUT2D eigenvalue weighted by atomic mass is 19.1. The van der Waals surface area contributed by atoms with Crippen molar-refractivity contribution >= 4 is 17.7 Å². The van der Waals surface area contributed by atoms with E-state index in [4.69, 9.17) is 14.5 Å². The Morgan fingerprint density at radius 3 is 2.26 bits per heavy atom. The summed E-state index contributed by atoms with van der Waals surface area (Å²) in [5, 5.41) is 18.0. The molecule has 0 bridgehead atoms. The van der Waals surface area contributed by atoms with E-state index in [0.717, 1.165) is 25.3 Å². The van der Waals surface area contributed by atoms with Crippen LogP contribution in [-0.2, 0) is 27.9 Å². The lowest BCUT2D eigenvalue weighted by molar-refractivity contribution is 0.0817.